The van der Waals surface area contributed by atoms with Gasteiger partial charge in [0.05, 0.1) is 0 Å². The summed E-state index contributed by atoms with van der Waals surface area (Å²) in [6.45, 7) is 5.81. The lowest BCUT2D eigenvalue weighted by molar-refractivity contribution is 0.133. The van der Waals surface area contributed by atoms with Crippen LogP contribution >= 0.6 is 0 Å². The third-order valence-electron chi connectivity index (χ3n) is 4.68. The Morgan fingerprint density at radius 1 is 1.05 bits per heavy atom. The maximum absolute atomic E-state index is 12.7. The van der Waals surface area contributed by atoms with Crippen LogP contribution in [0.15, 0.2) is 24.3 Å². The lowest BCUT2D eigenvalue weighted by Crippen LogP contribution is -2.46. The van der Waals surface area contributed by atoms with Crippen molar-refractivity contribution in [1.29, 1.82) is 0 Å². The van der Waals surface area contributed by atoms with Crippen LogP contribution in [0.2, 0.25) is 0 Å². The van der Waals surface area contributed by atoms with Crippen molar-refractivity contribution >= 4 is 6.03 Å². The molecule has 0 bridgehead atoms. The monoisotopic (exact) mass is 272 g/mol. The summed E-state index contributed by atoms with van der Waals surface area (Å²) in [7, 11) is 0. The van der Waals surface area contributed by atoms with E-state index in [-0.39, 0.29) is 6.03 Å². The first-order valence-electron chi connectivity index (χ1n) is 7.84. The summed E-state index contributed by atoms with van der Waals surface area (Å²) < 4.78 is 0. The second-order valence-corrected chi connectivity index (χ2v) is 6.25. The maximum atomic E-state index is 12.7. The molecular weight excluding hydrogens is 248 g/mol. The van der Waals surface area contributed by atoms with Gasteiger partial charge in [0.15, 0.2) is 0 Å². The SMILES string of the molecule is CC1CCN(C(=O)N2CCCc3ccccc3C2)CC1. The van der Waals surface area contributed by atoms with Crippen LogP contribution in [0.3, 0.4) is 0 Å². The highest BCUT2D eigenvalue weighted by molar-refractivity contribution is 5.74. The molecule has 0 radical (unpaired) electrons. The van der Waals surface area contributed by atoms with Crippen LogP contribution in [0.25, 0.3) is 0 Å². The van der Waals surface area contributed by atoms with Crippen molar-refractivity contribution < 1.29 is 4.79 Å². The predicted octanol–water partition coefficient (Wildman–Crippen LogP) is 3.29. The molecule has 1 aromatic carbocycles. The van der Waals surface area contributed by atoms with Gasteiger partial charge in [0.25, 0.3) is 0 Å². The van der Waals surface area contributed by atoms with Crippen LogP contribution in [0, 0.1) is 5.92 Å². The lowest BCUT2D eigenvalue weighted by Gasteiger charge is -2.34. The fourth-order valence-corrected chi connectivity index (χ4v) is 3.26. The van der Waals surface area contributed by atoms with Gasteiger partial charge in [-0.1, -0.05) is 31.2 Å². The quantitative estimate of drug-likeness (QED) is 0.711. The van der Waals surface area contributed by atoms with Crippen LogP contribution in [0.4, 0.5) is 4.79 Å². The third-order valence-corrected chi connectivity index (χ3v) is 4.68. The molecule has 0 aliphatic carbocycles. The molecule has 0 spiro atoms. The second-order valence-electron chi connectivity index (χ2n) is 6.25. The van der Waals surface area contributed by atoms with Gasteiger partial charge in [-0.2, -0.15) is 0 Å². The summed E-state index contributed by atoms with van der Waals surface area (Å²) >= 11 is 0. The van der Waals surface area contributed by atoms with Gasteiger partial charge < -0.3 is 9.80 Å². The van der Waals surface area contributed by atoms with Crippen molar-refractivity contribution in [3.8, 4) is 0 Å². The van der Waals surface area contributed by atoms with Crippen LogP contribution in [0.1, 0.15) is 37.3 Å². The molecule has 2 aliphatic rings. The van der Waals surface area contributed by atoms with Crippen molar-refractivity contribution in [1.82, 2.24) is 9.80 Å². The van der Waals surface area contributed by atoms with Gasteiger partial charge >= 0.3 is 6.03 Å². The summed E-state index contributed by atoms with van der Waals surface area (Å²) in [4.78, 5) is 16.8. The molecule has 3 heteroatoms. The van der Waals surface area contributed by atoms with E-state index in [9.17, 15) is 4.79 Å². The molecule has 1 aromatic rings. The molecule has 0 unspecified atom stereocenters. The van der Waals surface area contributed by atoms with Crippen molar-refractivity contribution in [3.05, 3.63) is 35.4 Å². The molecule has 108 valence electrons. The topological polar surface area (TPSA) is 23.6 Å². The zero-order valence-electron chi connectivity index (χ0n) is 12.3. The van der Waals surface area contributed by atoms with Gasteiger partial charge in [-0.25, -0.2) is 4.79 Å². The van der Waals surface area contributed by atoms with E-state index < -0.39 is 0 Å². The van der Waals surface area contributed by atoms with E-state index in [0.717, 1.165) is 57.8 Å². The average Bonchev–Trinajstić information content (AvgIpc) is 2.69. The number of hydrogen-bond donors (Lipinski definition) is 0. The zero-order chi connectivity index (χ0) is 13.9. The molecule has 0 saturated carbocycles. The van der Waals surface area contributed by atoms with Crippen molar-refractivity contribution in [2.45, 2.75) is 39.2 Å². The van der Waals surface area contributed by atoms with E-state index in [1.807, 2.05) is 9.80 Å². The Balaban J connectivity index is 1.69. The van der Waals surface area contributed by atoms with Crippen LogP contribution in [-0.2, 0) is 13.0 Å². The Hall–Kier alpha value is -1.51. The minimum absolute atomic E-state index is 0.244. The van der Waals surface area contributed by atoms with E-state index in [4.69, 9.17) is 0 Å². The highest BCUT2D eigenvalue weighted by atomic mass is 16.2. The van der Waals surface area contributed by atoms with Crippen molar-refractivity contribution in [2.75, 3.05) is 19.6 Å². The second kappa shape index (κ2) is 5.86. The summed E-state index contributed by atoms with van der Waals surface area (Å²) in [6, 6.07) is 8.79. The van der Waals surface area contributed by atoms with Gasteiger partial charge in [0.2, 0.25) is 0 Å². The van der Waals surface area contributed by atoms with Crippen molar-refractivity contribution in [3.63, 3.8) is 0 Å². The number of urea groups is 1. The van der Waals surface area contributed by atoms with Gasteiger partial charge in [-0.3, -0.25) is 0 Å². The van der Waals surface area contributed by atoms with Crippen LogP contribution in [0.5, 0.6) is 0 Å². The molecule has 0 aromatic heterocycles. The number of rotatable bonds is 0. The van der Waals surface area contributed by atoms with Gasteiger partial charge in [-0.05, 0) is 42.7 Å². The Bertz CT molecular complexity index is 478. The van der Waals surface area contributed by atoms with E-state index in [0.29, 0.717) is 0 Å². The number of hydrogen-bond acceptors (Lipinski definition) is 1. The largest absolute Gasteiger partial charge is 0.325 e. The number of piperidine rings is 1. The number of fused-ring (bicyclic) bond motifs is 1. The molecule has 0 atom stereocenters. The molecule has 2 amide bonds. The standard InChI is InChI=1S/C17H24N2O/c1-14-8-11-18(12-9-14)17(20)19-10-4-7-15-5-2-3-6-16(15)13-19/h2-3,5-6,14H,4,7-13H2,1H3. The van der Waals surface area contributed by atoms with E-state index in [1.165, 1.54) is 11.1 Å². The van der Waals surface area contributed by atoms with Crippen molar-refractivity contribution in [2.24, 2.45) is 5.92 Å². The molecule has 3 nitrogen and oxygen atoms in total. The number of likely N-dealkylation sites (tertiary alicyclic amines) is 1. The van der Waals surface area contributed by atoms with E-state index in [2.05, 4.69) is 31.2 Å². The van der Waals surface area contributed by atoms with Gasteiger partial charge in [0.1, 0.15) is 0 Å². The smallest absolute Gasteiger partial charge is 0.320 e. The summed E-state index contributed by atoms with van der Waals surface area (Å²) in [5.41, 5.74) is 2.73. The minimum atomic E-state index is 0.244. The molecule has 20 heavy (non-hydrogen) atoms. The van der Waals surface area contributed by atoms with Crippen LogP contribution in [-0.4, -0.2) is 35.5 Å². The molecule has 1 fully saturated rings. The Morgan fingerprint density at radius 2 is 1.75 bits per heavy atom. The first-order chi connectivity index (χ1) is 9.74. The number of carbonyl (C=O) groups is 1. The Labute approximate surface area is 121 Å². The molecule has 2 aliphatic heterocycles. The Kier molecular flexibility index (Phi) is 3.95. The normalized spacial score (nSPS) is 20.4. The molecule has 1 saturated heterocycles. The maximum Gasteiger partial charge on any atom is 0.320 e. The van der Waals surface area contributed by atoms with Gasteiger partial charge in [0, 0.05) is 26.2 Å². The fourth-order valence-electron chi connectivity index (χ4n) is 3.26. The Morgan fingerprint density at radius 3 is 2.50 bits per heavy atom. The highest BCUT2D eigenvalue weighted by Crippen LogP contribution is 2.22. The summed E-state index contributed by atoms with van der Waals surface area (Å²) in [6.07, 6.45) is 4.47. The minimum Gasteiger partial charge on any atom is -0.325 e. The molecule has 2 heterocycles. The van der Waals surface area contributed by atoms with E-state index >= 15 is 0 Å². The zero-order valence-corrected chi connectivity index (χ0v) is 12.3. The molecule has 0 N–H and O–H groups in total. The number of amides is 2. The third kappa shape index (κ3) is 2.82. The first-order valence-corrected chi connectivity index (χ1v) is 7.84. The van der Waals surface area contributed by atoms with E-state index in [1.54, 1.807) is 0 Å². The lowest BCUT2D eigenvalue weighted by atomic mass is 9.99. The van der Waals surface area contributed by atoms with Gasteiger partial charge in [-0.15, -0.1) is 0 Å². The number of carbonyl (C=O) groups excluding carboxylic acids is 1. The first kappa shape index (κ1) is 13.5. The predicted molar refractivity (Wildman–Crippen MR) is 80.5 cm³/mol. The highest BCUT2D eigenvalue weighted by Gasteiger charge is 2.26. The van der Waals surface area contributed by atoms with Crippen LogP contribution < -0.4 is 0 Å². The number of aryl methyl sites for hydroxylation is 1. The average molecular weight is 272 g/mol. The molecular formula is C17H24N2O. The summed E-state index contributed by atoms with van der Waals surface area (Å²) in [5, 5.41) is 0. The number of nitrogens with zero attached hydrogens (tertiary/aromatic N) is 2. The number of benzene rings is 1. The fraction of sp³-hybridized carbons (Fsp3) is 0.588. The summed E-state index contributed by atoms with van der Waals surface area (Å²) in [5.74, 6) is 0.768. The molecule has 3 rings (SSSR count).